The summed E-state index contributed by atoms with van der Waals surface area (Å²) in [5, 5.41) is 2.48. The van der Waals surface area contributed by atoms with Crippen LogP contribution in [0.5, 0.6) is 0 Å². The molecule has 56 heavy (non-hydrogen) atoms. The van der Waals surface area contributed by atoms with E-state index in [9.17, 15) is 0 Å². The highest BCUT2D eigenvalue weighted by Crippen LogP contribution is 2.43. The Labute approximate surface area is 327 Å². The Morgan fingerprint density at radius 2 is 0.714 bits per heavy atom. The summed E-state index contributed by atoms with van der Waals surface area (Å²) in [7, 11) is 0. The predicted octanol–water partition coefficient (Wildman–Crippen LogP) is 14.9. The average Bonchev–Trinajstić information content (AvgIpc) is 3.62. The molecule has 0 unspecified atom stereocenters. The molecule has 0 spiro atoms. The van der Waals surface area contributed by atoms with Gasteiger partial charge in [0, 0.05) is 33.4 Å². The van der Waals surface area contributed by atoms with Crippen LogP contribution < -0.4 is 4.90 Å². The Kier molecular flexibility index (Phi) is 8.55. The van der Waals surface area contributed by atoms with E-state index in [0.29, 0.717) is 0 Å². The van der Waals surface area contributed by atoms with Crippen LogP contribution in [-0.4, -0.2) is 4.57 Å². The molecule has 2 nitrogen and oxygen atoms in total. The lowest BCUT2D eigenvalue weighted by Gasteiger charge is -2.28. The molecule has 9 aromatic carbocycles. The van der Waals surface area contributed by atoms with Gasteiger partial charge in [0.05, 0.1) is 16.7 Å². The van der Waals surface area contributed by atoms with E-state index in [1.54, 1.807) is 0 Å². The lowest BCUT2D eigenvalue weighted by molar-refractivity contribution is 1.18. The third-order valence-electron chi connectivity index (χ3n) is 10.8. The van der Waals surface area contributed by atoms with Crippen molar-refractivity contribution >= 4 is 38.9 Å². The van der Waals surface area contributed by atoms with Crippen LogP contribution in [0.3, 0.4) is 0 Å². The van der Waals surface area contributed by atoms with Gasteiger partial charge in [-0.25, -0.2) is 0 Å². The van der Waals surface area contributed by atoms with Crippen molar-refractivity contribution in [3.63, 3.8) is 0 Å². The molecule has 0 atom stereocenters. The van der Waals surface area contributed by atoms with Gasteiger partial charge >= 0.3 is 0 Å². The van der Waals surface area contributed by atoms with Gasteiger partial charge in [0.25, 0.3) is 0 Å². The van der Waals surface area contributed by atoms with Gasteiger partial charge in [0.1, 0.15) is 0 Å². The van der Waals surface area contributed by atoms with Crippen LogP contribution in [0.2, 0.25) is 0 Å². The number of aromatic nitrogens is 1. The highest BCUT2D eigenvalue weighted by Gasteiger charge is 2.20. The maximum Gasteiger partial charge on any atom is 0.0561 e. The van der Waals surface area contributed by atoms with Crippen LogP contribution in [0, 0.1) is 0 Å². The van der Waals surface area contributed by atoms with Gasteiger partial charge < -0.3 is 9.47 Å². The van der Waals surface area contributed by atoms with Crippen molar-refractivity contribution in [2.75, 3.05) is 4.90 Å². The Morgan fingerprint density at radius 3 is 1.32 bits per heavy atom. The highest BCUT2D eigenvalue weighted by atomic mass is 15.1. The van der Waals surface area contributed by atoms with Crippen molar-refractivity contribution in [3.8, 4) is 50.2 Å². The molecule has 0 N–H and O–H groups in total. The van der Waals surface area contributed by atoms with Gasteiger partial charge in [-0.05, 0) is 87.5 Å². The number of nitrogens with zero attached hydrogens (tertiary/aromatic N) is 2. The first-order chi connectivity index (χ1) is 27.8. The molecule has 0 saturated carbocycles. The molecule has 0 aliphatic carbocycles. The lowest BCUT2D eigenvalue weighted by Crippen LogP contribution is -2.11. The standard InChI is InChI=1S/C54H38N2/c1-4-14-39(15-5-1)40-24-26-41(27-25-40)42-28-30-43(31-29-42)44-32-34-47(35-33-44)55(52-22-12-10-20-49(52)45-16-6-2-7-17-45)48-36-37-51-50-21-11-13-23-53(50)56(54(51)38-48)46-18-8-3-9-19-46/h1-38H. The van der Waals surface area contributed by atoms with E-state index in [1.807, 2.05) is 0 Å². The predicted molar refractivity (Wildman–Crippen MR) is 237 cm³/mol. The fourth-order valence-electron chi connectivity index (χ4n) is 8.05. The van der Waals surface area contributed by atoms with E-state index in [-0.39, 0.29) is 0 Å². The first-order valence-corrected chi connectivity index (χ1v) is 19.2. The molecule has 10 rings (SSSR count). The zero-order valence-electron chi connectivity index (χ0n) is 30.8. The van der Waals surface area contributed by atoms with Crippen molar-refractivity contribution in [2.24, 2.45) is 0 Å². The van der Waals surface area contributed by atoms with Gasteiger partial charge in [-0.3, -0.25) is 0 Å². The first-order valence-electron chi connectivity index (χ1n) is 19.2. The smallest absolute Gasteiger partial charge is 0.0561 e. The number of benzene rings is 9. The first kappa shape index (κ1) is 33.2. The van der Waals surface area contributed by atoms with Crippen LogP contribution in [0.15, 0.2) is 231 Å². The van der Waals surface area contributed by atoms with Crippen molar-refractivity contribution in [1.29, 1.82) is 0 Å². The van der Waals surface area contributed by atoms with Crippen molar-refractivity contribution in [1.82, 2.24) is 4.57 Å². The number of fused-ring (bicyclic) bond motifs is 3. The molecule has 0 bridgehead atoms. The number of hydrogen-bond acceptors (Lipinski definition) is 1. The van der Waals surface area contributed by atoms with E-state index in [0.717, 1.165) is 22.7 Å². The van der Waals surface area contributed by atoms with E-state index in [1.165, 1.54) is 66.3 Å². The summed E-state index contributed by atoms with van der Waals surface area (Å²) in [6, 6.07) is 83.0. The Bertz CT molecular complexity index is 2910. The quantitative estimate of drug-likeness (QED) is 0.152. The van der Waals surface area contributed by atoms with Gasteiger partial charge in [0.15, 0.2) is 0 Å². The molecular weight excluding hydrogens is 677 g/mol. The van der Waals surface area contributed by atoms with Crippen LogP contribution in [0.25, 0.3) is 72.0 Å². The van der Waals surface area contributed by atoms with Gasteiger partial charge in [-0.15, -0.1) is 0 Å². The minimum atomic E-state index is 1.09. The molecule has 0 aliphatic heterocycles. The van der Waals surface area contributed by atoms with Gasteiger partial charge in [-0.1, -0.05) is 182 Å². The summed E-state index contributed by atoms with van der Waals surface area (Å²) in [5.41, 5.74) is 16.4. The van der Waals surface area contributed by atoms with Crippen LogP contribution in [-0.2, 0) is 0 Å². The summed E-state index contributed by atoms with van der Waals surface area (Å²) in [6.07, 6.45) is 0. The normalized spacial score (nSPS) is 11.2. The van der Waals surface area contributed by atoms with Crippen molar-refractivity contribution in [2.45, 2.75) is 0 Å². The third kappa shape index (κ3) is 6.14. The zero-order valence-corrected chi connectivity index (χ0v) is 30.8. The summed E-state index contributed by atoms with van der Waals surface area (Å²) >= 11 is 0. The number of para-hydroxylation sites is 3. The van der Waals surface area contributed by atoms with Crippen molar-refractivity contribution in [3.05, 3.63) is 231 Å². The molecule has 0 radical (unpaired) electrons. The van der Waals surface area contributed by atoms with Crippen LogP contribution in [0.1, 0.15) is 0 Å². The molecule has 0 saturated heterocycles. The molecule has 264 valence electrons. The molecule has 10 aromatic rings. The molecule has 0 amide bonds. The molecule has 1 aromatic heterocycles. The lowest BCUT2D eigenvalue weighted by atomic mass is 9.98. The number of anilines is 3. The van der Waals surface area contributed by atoms with Crippen molar-refractivity contribution < 1.29 is 0 Å². The van der Waals surface area contributed by atoms with E-state index in [4.69, 9.17) is 0 Å². The Balaban J connectivity index is 1.05. The van der Waals surface area contributed by atoms with Crippen LogP contribution in [0.4, 0.5) is 17.1 Å². The highest BCUT2D eigenvalue weighted by molar-refractivity contribution is 6.10. The van der Waals surface area contributed by atoms with Gasteiger partial charge in [-0.2, -0.15) is 0 Å². The minimum absolute atomic E-state index is 1.09. The van der Waals surface area contributed by atoms with E-state index < -0.39 is 0 Å². The number of hydrogen-bond donors (Lipinski definition) is 0. The average molecular weight is 715 g/mol. The van der Waals surface area contributed by atoms with E-state index >= 15 is 0 Å². The molecule has 0 fully saturated rings. The Hall–Kier alpha value is -7.42. The van der Waals surface area contributed by atoms with E-state index in [2.05, 4.69) is 240 Å². The third-order valence-corrected chi connectivity index (χ3v) is 10.8. The largest absolute Gasteiger partial charge is 0.310 e. The Morgan fingerprint density at radius 1 is 0.286 bits per heavy atom. The monoisotopic (exact) mass is 714 g/mol. The van der Waals surface area contributed by atoms with Crippen LogP contribution >= 0.6 is 0 Å². The minimum Gasteiger partial charge on any atom is -0.310 e. The maximum atomic E-state index is 2.40. The fourth-order valence-corrected chi connectivity index (χ4v) is 8.05. The molecular formula is C54H38N2. The number of rotatable bonds is 8. The maximum absolute atomic E-state index is 2.40. The fraction of sp³-hybridized carbons (Fsp3) is 0. The topological polar surface area (TPSA) is 8.17 Å². The second-order valence-electron chi connectivity index (χ2n) is 14.2. The zero-order chi connectivity index (χ0) is 37.3. The van der Waals surface area contributed by atoms with Gasteiger partial charge in [0.2, 0.25) is 0 Å². The summed E-state index contributed by atoms with van der Waals surface area (Å²) < 4.78 is 2.39. The molecule has 2 heteroatoms. The summed E-state index contributed by atoms with van der Waals surface area (Å²) in [6.45, 7) is 0. The summed E-state index contributed by atoms with van der Waals surface area (Å²) in [4.78, 5) is 2.40. The molecule has 0 aliphatic rings. The second kappa shape index (κ2) is 14.4. The SMILES string of the molecule is c1ccc(-c2ccc(-c3ccc(-c4ccc(N(c5ccc6c7ccccc7n(-c7ccccc7)c6c5)c5ccccc5-c5ccccc5)cc4)cc3)cc2)cc1. The molecule has 1 heterocycles. The second-order valence-corrected chi connectivity index (χ2v) is 14.2. The summed E-state index contributed by atoms with van der Waals surface area (Å²) in [5.74, 6) is 0.